The van der Waals surface area contributed by atoms with Crippen LogP contribution in [0.25, 0.3) is 22.2 Å². The third-order valence-corrected chi connectivity index (χ3v) is 5.26. The number of H-pyrrole nitrogens is 1. The van der Waals surface area contributed by atoms with Crippen molar-refractivity contribution in [2.24, 2.45) is 0 Å². The molecule has 4 aromatic rings. The number of aromatic amines is 1. The first-order valence-corrected chi connectivity index (χ1v) is 8.93. The maximum absolute atomic E-state index is 4.39. The van der Waals surface area contributed by atoms with Crippen LogP contribution in [0.1, 0.15) is 22.7 Å². The van der Waals surface area contributed by atoms with Crippen LogP contribution in [0.15, 0.2) is 67.1 Å². The summed E-state index contributed by atoms with van der Waals surface area (Å²) in [5.41, 5.74) is 7.39. The molecule has 2 aromatic heterocycles. The van der Waals surface area contributed by atoms with Crippen molar-refractivity contribution in [2.45, 2.75) is 12.5 Å². The lowest BCUT2D eigenvalue weighted by atomic mass is 9.86. The van der Waals surface area contributed by atoms with Gasteiger partial charge < -0.3 is 9.88 Å². The molecular formula is C22H20N4. The van der Waals surface area contributed by atoms with Crippen LogP contribution in [0.2, 0.25) is 0 Å². The fourth-order valence-corrected chi connectivity index (χ4v) is 4.02. The molecule has 0 bridgehead atoms. The summed E-state index contributed by atoms with van der Waals surface area (Å²) in [6, 6.07) is 19.5. The molecule has 1 aliphatic rings. The van der Waals surface area contributed by atoms with Crippen LogP contribution in [0, 0.1) is 0 Å². The number of hydrogen-bond donors (Lipinski definition) is 1. The van der Waals surface area contributed by atoms with Gasteiger partial charge in [0.05, 0.1) is 5.69 Å². The molecule has 0 amide bonds. The molecule has 1 aliphatic heterocycles. The SMILES string of the molecule is CN1Cc2cc(-c3ccncn3)ccc2C(c2cc3ccccc3[nH]2)C1. The van der Waals surface area contributed by atoms with Gasteiger partial charge in [0.1, 0.15) is 6.33 Å². The maximum atomic E-state index is 4.39. The van der Waals surface area contributed by atoms with E-state index in [0.29, 0.717) is 5.92 Å². The minimum absolute atomic E-state index is 0.357. The first-order valence-electron chi connectivity index (χ1n) is 8.93. The first kappa shape index (κ1) is 15.3. The molecule has 5 rings (SSSR count). The average molecular weight is 340 g/mol. The topological polar surface area (TPSA) is 44.8 Å². The molecule has 1 N–H and O–H groups in total. The van der Waals surface area contributed by atoms with E-state index in [-0.39, 0.29) is 0 Å². The van der Waals surface area contributed by atoms with Crippen molar-refractivity contribution >= 4 is 10.9 Å². The normalized spacial score (nSPS) is 17.3. The number of nitrogens with zero attached hydrogens (tertiary/aromatic N) is 3. The van der Waals surface area contributed by atoms with Crippen LogP contribution in [-0.4, -0.2) is 33.4 Å². The minimum atomic E-state index is 0.357. The fourth-order valence-electron chi connectivity index (χ4n) is 4.02. The summed E-state index contributed by atoms with van der Waals surface area (Å²) >= 11 is 0. The van der Waals surface area contributed by atoms with E-state index in [1.165, 1.54) is 27.7 Å². The van der Waals surface area contributed by atoms with Gasteiger partial charge in [-0.15, -0.1) is 0 Å². The van der Waals surface area contributed by atoms with Gasteiger partial charge in [0.25, 0.3) is 0 Å². The van der Waals surface area contributed by atoms with Gasteiger partial charge in [0.15, 0.2) is 0 Å². The molecule has 1 unspecified atom stereocenters. The predicted molar refractivity (Wildman–Crippen MR) is 104 cm³/mol. The highest BCUT2D eigenvalue weighted by molar-refractivity contribution is 5.80. The van der Waals surface area contributed by atoms with Crippen molar-refractivity contribution in [1.29, 1.82) is 0 Å². The zero-order valence-electron chi connectivity index (χ0n) is 14.7. The van der Waals surface area contributed by atoms with Gasteiger partial charge in [-0.2, -0.15) is 0 Å². The Morgan fingerprint density at radius 1 is 1.08 bits per heavy atom. The van der Waals surface area contributed by atoms with Gasteiger partial charge in [-0.3, -0.25) is 0 Å². The van der Waals surface area contributed by atoms with Gasteiger partial charge in [-0.05, 0) is 47.8 Å². The highest BCUT2D eigenvalue weighted by Crippen LogP contribution is 2.35. The van der Waals surface area contributed by atoms with Crippen molar-refractivity contribution in [3.05, 3.63) is 83.9 Å². The third kappa shape index (κ3) is 2.59. The summed E-state index contributed by atoms with van der Waals surface area (Å²) in [7, 11) is 2.19. The van der Waals surface area contributed by atoms with Gasteiger partial charge >= 0.3 is 0 Å². The van der Waals surface area contributed by atoms with E-state index in [1.807, 2.05) is 6.07 Å². The van der Waals surface area contributed by atoms with Crippen LogP contribution in [-0.2, 0) is 6.54 Å². The molecule has 3 heterocycles. The lowest BCUT2D eigenvalue weighted by Gasteiger charge is -2.32. The Morgan fingerprint density at radius 2 is 2.00 bits per heavy atom. The zero-order chi connectivity index (χ0) is 17.5. The van der Waals surface area contributed by atoms with E-state index >= 15 is 0 Å². The molecular weight excluding hydrogens is 320 g/mol. The van der Waals surface area contributed by atoms with Crippen molar-refractivity contribution in [2.75, 3.05) is 13.6 Å². The van der Waals surface area contributed by atoms with E-state index in [2.05, 4.69) is 75.4 Å². The molecule has 128 valence electrons. The summed E-state index contributed by atoms with van der Waals surface area (Å²) in [5, 5.41) is 1.27. The number of nitrogens with one attached hydrogen (secondary N) is 1. The Bertz CT molecular complexity index is 1030. The molecule has 26 heavy (non-hydrogen) atoms. The molecule has 0 aliphatic carbocycles. The highest BCUT2D eigenvalue weighted by Gasteiger charge is 2.26. The quantitative estimate of drug-likeness (QED) is 0.595. The summed E-state index contributed by atoms with van der Waals surface area (Å²) in [6.07, 6.45) is 3.40. The Hall–Kier alpha value is -2.98. The van der Waals surface area contributed by atoms with Gasteiger partial charge in [0, 0.05) is 42.0 Å². The molecule has 4 nitrogen and oxygen atoms in total. The summed E-state index contributed by atoms with van der Waals surface area (Å²) in [4.78, 5) is 14.4. The number of para-hydroxylation sites is 1. The number of benzene rings is 2. The second kappa shape index (κ2) is 6.07. The molecule has 1 atom stereocenters. The van der Waals surface area contributed by atoms with Crippen LogP contribution in [0.3, 0.4) is 0 Å². The Morgan fingerprint density at radius 3 is 2.85 bits per heavy atom. The molecule has 0 radical (unpaired) electrons. The molecule has 0 saturated heterocycles. The van der Waals surface area contributed by atoms with Crippen LogP contribution in [0.4, 0.5) is 0 Å². The molecule has 0 saturated carbocycles. The number of likely N-dealkylation sites (N-methyl/N-ethyl adjacent to an activating group) is 1. The van der Waals surface area contributed by atoms with E-state index < -0.39 is 0 Å². The Labute approximate surface area is 152 Å². The fraction of sp³-hybridized carbons (Fsp3) is 0.182. The monoisotopic (exact) mass is 340 g/mol. The standard InChI is InChI=1S/C22H20N4/c1-26-12-17-10-16(20-8-9-23-14-24-20)6-7-18(17)19(13-26)22-11-15-4-2-3-5-21(15)25-22/h2-11,14,19,25H,12-13H2,1H3. The van der Waals surface area contributed by atoms with Crippen molar-refractivity contribution in [3.8, 4) is 11.3 Å². The van der Waals surface area contributed by atoms with Crippen molar-refractivity contribution in [1.82, 2.24) is 19.9 Å². The minimum Gasteiger partial charge on any atom is -0.358 e. The molecule has 4 heteroatoms. The van der Waals surface area contributed by atoms with E-state index in [4.69, 9.17) is 0 Å². The van der Waals surface area contributed by atoms with Gasteiger partial charge in [-0.25, -0.2) is 9.97 Å². The molecule has 2 aromatic carbocycles. The first-order chi connectivity index (χ1) is 12.8. The summed E-state index contributed by atoms with van der Waals surface area (Å²) < 4.78 is 0. The number of aromatic nitrogens is 3. The largest absolute Gasteiger partial charge is 0.358 e. The van der Waals surface area contributed by atoms with Gasteiger partial charge in [-0.1, -0.05) is 30.3 Å². The Kier molecular flexibility index (Phi) is 3.57. The predicted octanol–water partition coefficient (Wildman–Crippen LogP) is 4.20. The summed E-state index contributed by atoms with van der Waals surface area (Å²) in [5.74, 6) is 0.357. The lowest BCUT2D eigenvalue weighted by Crippen LogP contribution is -2.31. The molecule has 0 spiro atoms. The van der Waals surface area contributed by atoms with Crippen LogP contribution >= 0.6 is 0 Å². The van der Waals surface area contributed by atoms with Crippen molar-refractivity contribution < 1.29 is 0 Å². The van der Waals surface area contributed by atoms with E-state index in [1.54, 1.807) is 12.5 Å². The maximum Gasteiger partial charge on any atom is 0.116 e. The smallest absolute Gasteiger partial charge is 0.116 e. The number of fused-ring (bicyclic) bond motifs is 2. The zero-order valence-corrected chi connectivity index (χ0v) is 14.7. The number of rotatable bonds is 2. The third-order valence-electron chi connectivity index (χ3n) is 5.26. The second-order valence-corrected chi connectivity index (χ2v) is 7.07. The van der Waals surface area contributed by atoms with E-state index in [0.717, 1.165) is 24.3 Å². The lowest BCUT2D eigenvalue weighted by molar-refractivity contribution is 0.294. The average Bonchev–Trinajstić information content (AvgIpc) is 3.11. The van der Waals surface area contributed by atoms with Crippen molar-refractivity contribution in [3.63, 3.8) is 0 Å². The van der Waals surface area contributed by atoms with Gasteiger partial charge in [0.2, 0.25) is 0 Å². The van der Waals surface area contributed by atoms with Crippen LogP contribution in [0.5, 0.6) is 0 Å². The molecule has 0 fully saturated rings. The Balaban J connectivity index is 1.59. The van der Waals surface area contributed by atoms with Crippen LogP contribution < -0.4 is 0 Å². The van der Waals surface area contributed by atoms with E-state index in [9.17, 15) is 0 Å². The number of hydrogen-bond acceptors (Lipinski definition) is 3. The second-order valence-electron chi connectivity index (χ2n) is 7.07. The summed E-state index contributed by atoms with van der Waals surface area (Å²) in [6.45, 7) is 1.98. The highest BCUT2D eigenvalue weighted by atomic mass is 15.1.